The SMILES string of the molecule is COCC1CCCN1Cc1cc(Nc2nc(C)cn3c(-c4cnn(CC(=O)Nc5cccc(F)c5)c4)cnc23)sn1. The Morgan fingerprint density at radius 3 is 3.00 bits per heavy atom. The summed E-state index contributed by atoms with van der Waals surface area (Å²) in [6.07, 6.45) is 9.47. The van der Waals surface area contributed by atoms with Gasteiger partial charge in [0, 0.05) is 43.3 Å². The summed E-state index contributed by atoms with van der Waals surface area (Å²) in [4.78, 5) is 24.2. The molecule has 4 aromatic heterocycles. The molecule has 13 heteroatoms. The minimum atomic E-state index is -0.413. The van der Waals surface area contributed by atoms with E-state index in [1.165, 1.54) is 34.8 Å². The van der Waals surface area contributed by atoms with E-state index in [4.69, 9.17) is 9.72 Å². The molecule has 5 heterocycles. The molecule has 0 spiro atoms. The van der Waals surface area contributed by atoms with E-state index in [1.807, 2.05) is 17.5 Å². The number of methoxy groups -OCH3 is 1. The summed E-state index contributed by atoms with van der Waals surface area (Å²) in [5.74, 6) is -0.0890. The number of nitrogens with one attached hydrogen (secondary N) is 2. The summed E-state index contributed by atoms with van der Waals surface area (Å²) in [6, 6.07) is 8.28. The van der Waals surface area contributed by atoms with Crippen molar-refractivity contribution < 1.29 is 13.9 Å². The van der Waals surface area contributed by atoms with Gasteiger partial charge in [-0.3, -0.25) is 18.8 Å². The zero-order valence-electron chi connectivity index (χ0n) is 22.7. The van der Waals surface area contributed by atoms with Crippen LogP contribution in [0.25, 0.3) is 16.9 Å². The average molecular weight is 576 g/mol. The average Bonchev–Trinajstić information content (AvgIpc) is 3.73. The van der Waals surface area contributed by atoms with Crippen molar-refractivity contribution in [2.24, 2.45) is 0 Å². The Morgan fingerprint density at radius 1 is 1.24 bits per heavy atom. The first kappa shape index (κ1) is 27.0. The number of aryl methyl sites for hydroxylation is 1. The summed E-state index contributed by atoms with van der Waals surface area (Å²) >= 11 is 1.40. The van der Waals surface area contributed by atoms with Crippen LogP contribution in [0.3, 0.4) is 0 Å². The number of anilines is 3. The molecular weight excluding hydrogens is 545 g/mol. The molecule has 0 aliphatic carbocycles. The van der Waals surface area contributed by atoms with Crippen LogP contribution in [0.1, 0.15) is 24.2 Å². The second-order valence-electron chi connectivity index (χ2n) is 10.1. The second kappa shape index (κ2) is 11.7. The van der Waals surface area contributed by atoms with Crippen LogP contribution in [0, 0.1) is 12.7 Å². The molecule has 5 aromatic rings. The highest BCUT2D eigenvalue weighted by Crippen LogP contribution is 2.29. The maximum atomic E-state index is 13.4. The highest BCUT2D eigenvalue weighted by Gasteiger charge is 2.25. The van der Waals surface area contributed by atoms with Crippen LogP contribution in [0.2, 0.25) is 0 Å². The predicted octanol–water partition coefficient (Wildman–Crippen LogP) is 4.49. The number of halogens is 1. The van der Waals surface area contributed by atoms with E-state index in [0.29, 0.717) is 23.2 Å². The zero-order valence-corrected chi connectivity index (χ0v) is 23.6. The molecule has 1 aliphatic rings. The number of nitrogens with zero attached hydrogens (tertiary/aromatic N) is 7. The van der Waals surface area contributed by atoms with Gasteiger partial charge in [0.05, 0.1) is 36.1 Å². The minimum absolute atomic E-state index is 0.0159. The van der Waals surface area contributed by atoms with E-state index in [-0.39, 0.29) is 12.5 Å². The van der Waals surface area contributed by atoms with Crippen LogP contribution in [0.5, 0.6) is 0 Å². The summed E-state index contributed by atoms with van der Waals surface area (Å²) in [6.45, 7) is 4.50. The maximum Gasteiger partial charge on any atom is 0.246 e. The van der Waals surface area contributed by atoms with Crippen molar-refractivity contribution >= 4 is 39.6 Å². The first-order chi connectivity index (χ1) is 19.9. The maximum absolute atomic E-state index is 13.4. The van der Waals surface area contributed by atoms with Crippen molar-refractivity contribution in [3.05, 3.63) is 72.3 Å². The van der Waals surface area contributed by atoms with Gasteiger partial charge in [0.2, 0.25) is 5.91 Å². The number of ether oxygens (including phenoxy) is 1. The van der Waals surface area contributed by atoms with Crippen LogP contribution in [0.4, 0.5) is 20.9 Å². The van der Waals surface area contributed by atoms with Crippen molar-refractivity contribution in [2.75, 3.05) is 30.9 Å². The van der Waals surface area contributed by atoms with Crippen LogP contribution in [-0.2, 0) is 22.6 Å². The van der Waals surface area contributed by atoms with E-state index in [9.17, 15) is 9.18 Å². The lowest BCUT2D eigenvalue weighted by molar-refractivity contribution is -0.116. The van der Waals surface area contributed by atoms with E-state index in [0.717, 1.165) is 53.8 Å². The number of carbonyl (C=O) groups excluding carboxylic acids is 1. The van der Waals surface area contributed by atoms with Crippen LogP contribution in [0.15, 0.2) is 55.1 Å². The lowest BCUT2D eigenvalue weighted by Gasteiger charge is -2.22. The van der Waals surface area contributed by atoms with Gasteiger partial charge in [-0.2, -0.15) is 9.47 Å². The summed E-state index contributed by atoms with van der Waals surface area (Å²) in [5, 5.41) is 11.3. The van der Waals surface area contributed by atoms with E-state index in [1.54, 1.807) is 37.8 Å². The molecule has 1 fully saturated rings. The largest absolute Gasteiger partial charge is 0.383 e. The number of carbonyl (C=O) groups is 1. The molecule has 0 radical (unpaired) electrons. The molecule has 1 amide bonds. The van der Waals surface area contributed by atoms with Crippen LogP contribution >= 0.6 is 11.5 Å². The molecule has 41 heavy (non-hydrogen) atoms. The van der Waals surface area contributed by atoms with Crippen molar-refractivity contribution in [1.29, 1.82) is 0 Å². The van der Waals surface area contributed by atoms with Gasteiger partial charge in [0.25, 0.3) is 0 Å². The van der Waals surface area contributed by atoms with Crippen LogP contribution < -0.4 is 10.6 Å². The Labute approximate surface area is 240 Å². The van der Waals surface area contributed by atoms with Crippen molar-refractivity contribution in [2.45, 2.75) is 38.9 Å². The molecule has 0 bridgehead atoms. The zero-order chi connectivity index (χ0) is 28.3. The number of rotatable bonds is 10. The first-order valence-corrected chi connectivity index (χ1v) is 14.1. The molecule has 1 unspecified atom stereocenters. The minimum Gasteiger partial charge on any atom is -0.383 e. The topological polar surface area (TPSA) is 114 Å². The third kappa shape index (κ3) is 6.11. The fraction of sp³-hybridized carbons (Fsp3) is 0.321. The highest BCUT2D eigenvalue weighted by atomic mass is 32.1. The number of imidazole rings is 1. The molecule has 212 valence electrons. The highest BCUT2D eigenvalue weighted by molar-refractivity contribution is 7.10. The Bertz CT molecular complexity index is 1680. The van der Waals surface area contributed by atoms with E-state index < -0.39 is 5.82 Å². The molecule has 11 nitrogen and oxygen atoms in total. The Balaban J connectivity index is 1.16. The fourth-order valence-electron chi connectivity index (χ4n) is 5.16. The monoisotopic (exact) mass is 575 g/mol. The third-order valence-electron chi connectivity index (χ3n) is 6.98. The molecule has 2 N–H and O–H groups in total. The van der Waals surface area contributed by atoms with Gasteiger partial charge >= 0.3 is 0 Å². The third-order valence-corrected chi connectivity index (χ3v) is 7.72. The predicted molar refractivity (Wildman–Crippen MR) is 155 cm³/mol. The number of amides is 1. The second-order valence-corrected chi connectivity index (χ2v) is 10.9. The van der Waals surface area contributed by atoms with Gasteiger partial charge in [-0.15, -0.1) is 0 Å². The number of hydrogen-bond acceptors (Lipinski definition) is 9. The molecule has 6 rings (SSSR count). The number of hydrogen-bond donors (Lipinski definition) is 2. The fourth-order valence-corrected chi connectivity index (χ4v) is 5.81. The summed E-state index contributed by atoms with van der Waals surface area (Å²) in [5.41, 5.74) is 4.49. The van der Waals surface area contributed by atoms with Gasteiger partial charge in [-0.05, 0) is 62.1 Å². The Kier molecular flexibility index (Phi) is 7.72. The van der Waals surface area contributed by atoms with Crippen molar-refractivity contribution in [3.8, 4) is 11.3 Å². The van der Waals surface area contributed by atoms with Gasteiger partial charge in [0.1, 0.15) is 17.4 Å². The van der Waals surface area contributed by atoms with Gasteiger partial charge < -0.3 is 15.4 Å². The van der Waals surface area contributed by atoms with E-state index >= 15 is 0 Å². The van der Waals surface area contributed by atoms with E-state index in [2.05, 4.69) is 36.1 Å². The quantitative estimate of drug-likeness (QED) is 0.250. The van der Waals surface area contributed by atoms with Gasteiger partial charge in [0.15, 0.2) is 11.5 Å². The number of benzene rings is 1. The van der Waals surface area contributed by atoms with Crippen LogP contribution in [-0.4, -0.2) is 65.6 Å². The molecule has 1 saturated heterocycles. The molecule has 1 aromatic carbocycles. The molecule has 1 aliphatic heterocycles. The van der Waals surface area contributed by atoms with Crippen molar-refractivity contribution in [3.63, 3.8) is 0 Å². The smallest absolute Gasteiger partial charge is 0.246 e. The number of fused-ring (bicyclic) bond motifs is 1. The lowest BCUT2D eigenvalue weighted by Crippen LogP contribution is -2.32. The first-order valence-electron chi connectivity index (χ1n) is 13.3. The van der Waals surface area contributed by atoms with Crippen molar-refractivity contribution in [1.82, 2.24) is 33.4 Å². The normalized spacial score (nSPS) is 15.5. The van der Waals surface area contributed by atoms with Gasteiger partial charge in [-0.1, -0.05) is 6.07 Å². The molecule has 1 atom stereocenters. The summed E-state index contributed by atoms with van der Waals surface area (Å²) < 4.78 is 27.0. The lowest BCUT2D eigenvalue weighted by atomic mass is 10.2. The molecular formula is C28H30FN9O2S. The molecule has 0 saturated carbocycles. The Morgan fingerprint density at radius 2 is 2.15 bits per heavy atom. The van der Waals surface area contributed by atoms with Gasteiger partial charge in [-0.25, -0.2) is 14.4 Å². The number of likely N-dealkylation sites (tertiary alicyclic amines) is 1. The summed E-state index contributed by atoms with van der Waals surface area (Å²) in [7, 11) is 1.75. The Hall–Kier alpha value is -4.20. The number of aromatic nitrogens is 6. The standard InChI is InChI=1S/C28H30FN9O2S/c1-18-13-38-24(19-11-31-37(14-19)16-25(39)33-21-6-3-5-20(29)9-21)12-30-28(38)27(32-18)34-26-10-22(35-41-26)15-36-8-4-7-23(36)17-40-2/h3,5-6,9-14,23H,4,7-8,15-17H2,1-2H3,(H,32,34)(H,33,39).